The maximum atomic E-state index is 13.1. The molecule has 4 nitrogen and oxygen atoms in total. The highest BCUT2D eigenvalue weighted by Crippen LogP contribution is 2.31. The predicted octanol–water partition coefficient (Wildman–Crippen LogP) is 5.58. The zero-order chi connectivity index (χ0) is 16.8. The minimum Gasteiger partial charge on any atom is -0.319 e. The molecule has 0 atom stereocenters. The van der Waals surface area contributed by atoms with E-state index in [1.54, 1.807) is 0 Å². The van der Waals surface area contributed by atoms with Gasteiger partial charge in [0.15, 0.2) is 5.13 Å². The SMILES string of the molecule is O=C(Nc1nc(CCBr)cs1)N(C1CCCCC1)C1CCCCC1. The lowest BCUT2D eigenvalue weighted by Gasteiger charge is -2.41. The van der Waals surface area contributed by atoms with Crippen LogP contribution in [0.5, 0.6) is 0 Å². The second-order valence-electron chi connectivity index (χ2n) is 7.00. The van der Waals surface area contributed by atoms with Gasteiger partial charge in [-0.05, 0) is 25.7 Å². The van der Waals surface area contributed by atoms with Gasteiger partial charge in [-0.25, -0.2) is 9.78 Å². The molecule has 0 radical (unpaired) electrons. The van der Waals surface area contributed by atoms with Crippen molar-refractivity contribution in [1.29, 1.82) is 0 Å². The fourth-order valence-electron chi connectivity index (χ4n) is 4.08. The largest absolute Gasteiger partial charge is 0.324 e. The van der Waals surface area contributed by atoms with Crippen molar-refractivity contribution in [2.45, 2.75) is 82.7 Å². The Hall–Kier alpha value is -0.620. The summed E-state index contributed by atoms with van der Waals surface area (Å²) >= 11 is 4.98. The second-order valence-corrected chi connectivity index (χ2v) is 8.66. The average molecular weight is 414 g/mol. The summed E-state index contributed by atoms with van der Waals surface area (Å²) in [5, 5.41) is 6.78. The maximum absolute atomic E-state index is 13.1. The van der Waals surface area contributed by atoms with Crippen LogP contribution in [0.2, 0.25) is 0 Å². The molecule has 1 N–H and O–H groups in total. The molecule has 2 fully saturated rings. The molecule has 0 bridgehead atoms. The fourth-order valence-corrected chi connectivity index (χ4v) is 5.22. The summed E-state index contributed by atoms with van der Waals surface area (Å²) in [5.74, 6) is 0. The van der Waals surface area contributed by atoms with Gasteiger partial charge in [-0.3, -0.25) is 5.32 Å². The number of rotatable bonds is 5. The summed E-state index contributed by atoms with van der Waals surface area (Å²) in [5.41, 5.74) is 1.05. The minimum atomic E-state index is 0.0774. The van der Waals surface area contributed by atoms with E-state index < -0.39 is 0 Å². The number of carbonyl (C=O) groups is 1. The molecule has 0 unspecified atom stereocenters. The Morgan fingerprint density at radius 2 is 1.71 bits per heavy atom. The van der Waals surface area contributed by atoms with E-state index in [1.807, 2.05) is 5.38 Å². The van der Waals surface area contributed by atoms with Gasteiger partial charge >= 0.3 is 6.03 Å². The molecule has 1 aromatic rings. The van der Waals surface area contributed by atoms with E-state index in [0.29, 0.717) is 12.1 Å². The number of aromatic nitrogens is 1. The highest BCUT2D eigenvalue weighted by molar-refractivity contribution is 9.09. The van der Waals surface area contributed by atoms with Crippen LogP contribution in [0.4, 0.5) is 9.93 Å². The van der Waals surface area contributed by atoms with E-state index in [-0.39, 0.29) is 6.03 Å². The highest BCUT2D eigenvalue weighted by atomic mass is 79.9. The third-order valence-corrected chi connectivity index (χ3v) is 6.49. The van der Waals surface area contributed by atoms with E-state index in [2.05, 4.69) is 31.1 Å². The van der Waals surface area contributed by atoms with Crippen molar-refractivity contribution in [3.05, 3.63) is 11.1 Å². The van der Waals surface area contributed by atoms with Gasteiger partial charge in [0.05, 0.1) is 5.69 Å². The number of urea groups is 1. The first-order valence-electron chi connectivity index (χ1n) is 9.37. The van der Waals surface area contributed by atoms with Crippen molar-refractivity contribution in [1.82, 2.24) is 9.88 Å². The molecular formula is C18H28BrN3OS. The van der Waals surface area contributed by atoms with Crippen LogP contribution in [0.15, 0.2) is 5.38 Å². The first-order valence-corrected chi connectivity index (χ1v) is 11.4. The third kappa shape index (κ3) is 4.72. The number of nitrogens with one attached hydrogen (secondary N) is 1. The number of thiazole rings is 1. The molecule has 1 aromatic heterocycles. The molecule has 0 aliphatic heterocycles. The van der Waals surface area contributed by atoms with E-state index in [4.69, 9.17) is 0 Å². The van der Waals surface area contributed by atoms with E-state index in [9.17, 15) is 4.79 Å². The summed E-state index contributed by atoms with van der Waals surface area (Å²) in [6.45, 7) is 0. The van der Waals surface area contributed by atoms with Crippen molar-refractivity contribution in [2.75, 3.05) is 10.6 Å². The first kappa shape index (κ1) is 18.2. The number of carbonyl (C=O) groups excluding carboxylic acids is 1. The average Bonchev–Trinajstić information content (AvgIpc) is 3.04. The number of amides is 2. The Kier molecular flexibility index (Phi) is 6.95. The van der Waals surface area contributed by atoms with Gasteiger partial charge in [0.1, 0.15) is 0 Å². The van der Waals surface area contributed by atoms with Crippen LogP contribution in [-0.2, 0) is 6.42 Å². The summed E-state index contributed by atoms with van der Waals surface area (Å²) in [7, 11) is 0. The van der Waals surface area contributed by atoms with Crippen LogP contribution in [0.25, 0.3) is 0 Å². The normalized spacial score (nSPS) is 20.0. The second kappa shape index (κ2) is 9.18. The Morgan fingerprint density at radius 3 is 2.25 bits per heavy atom. The van der Waals surface area contributed by atoms with E-state index >= 15 is 0 Å². The third-order valence-electron chi connectivity index (χ3n) is 5.29. The van der Waals surface area contributed by atoms with E-state index in [0.717, 1.165) is 48.3 Å². The summed E-state index contributed by atoms with van der Waals surface area (Å²) in [6, 6.07) is 0.918. The lowest BCUT2D eigenvalue weighted by molar-refractivity contribution is 0.114. The van der Waals surface area contributed by atoms with Crippen LogP contribution in [0.3, 0.4) is 0 Å². The Morgan fingerprint density at radius 1 is 1.12 bits per heavy atom. The van der Waals surface area contributed by atoms with Gasteiger partial charge in [0.2, 0.25) is 0 Å². The van der Waals surface area contributed by atoms with Gasteiger partial charge in [0, 0.05) is 29.2 Å². The number of anilines is 1. The molecule has 2 amide bonds. The van der Waals surface area contributed by atoms with Gasteiger partial charge < -0.3 is 4.90 Å². The summed E-state index contributed by atoms with van der Waals surface area (Å²) < 4.78 is 0. The smallest absolute Gasteiger partial charge is 0.319 e. The van der Waals surface area contributed by atoms with Gasteiger partial charge in [-0.15, -0.1) is 11.3 Å². The Bertz CT molecular complexity index is 506. The standard InChI is InChI=1S/C18H28BrN3OS/c19-12-11-14-13-24-17(20-14)21-18(23)22(15-7-3-1-4-8-15)16-9-5-2-6-10-16/h13,15-16H,1-12H2,(H,20,21,23). The molecule has 2 aliphatic rings. The summed E-state index contributed by atoms with van der Waals surface area (Å²) in [4.78, 5) is 19.8. The van der Waals surface area contributed by atoms with Crippen LogP contribution >= 0.6 is 27.3 Å². The molecule has 0 saturated heterocycles. The lowest BCUT2D eigenvalue weighted by Crippen LogP contribution is -2.50. The van der Waals surface area contributed by atoms with E-state index in [1.165, 1.54) is 49.9 Å². The molecule has 0 spiro atoms. The van der Waals surface area contributed by atoms with Gasteiger partial charge in [-0.2, -0.15) is 0 Å². The monoisotopic (exact) mass is 413 g/mol. The van der Waals surface area contributed by atoms with Crippen LogP contribution in [-0.4, -0.2) is 33.3 Å². The zero-order valence-electron chi connectivity index (χ0n) is 14.3. The number of hydrogen-bond donors (Lipinski definition) is 1. The zero-order valence-corrected chi connectivity index (χ0v) is 16.7. The molecule has 6 heteroatoms. The maximum Gasteiger partial charge on any atom is 0.324 e. The fraction of sp³-hybridized carbons (Fsp3) is 0.778. The Balaban J connectivity index is 1.69. The number of hydrogen-bond acceptors (Lipinski definition) is 3. The molecule has 3 rings (SSSR count). The number of halogens is 1. The molecule has 24 heavy (non-hydrogen) atoms. The van der Waals surface area contributed by atoms with Crippen molar-refractivity contribution in [3.63, 3.8) is 0 Å². The number of nitrogens with zero attached hydrogens (tertiary/aromatic N) is 2. The molecule has 2 aliphatic carbocycles. The Labute approximate surface area is 157 Å². The molecule has 2 saturated carbocycles. The van der Waals surface area contributed by atoms with Crippen LogP contribution < -0.4 is 5.32 Å². The van der Waals surface area contributed by atoms with Crippen molar-refractivity contribution < 1.29 is 4.79 Å². The van der Waals surface area contributed by atoms with Crippen molar-refractivity contribution in [2.24, 2.45) is 0 Å². The van der Waals surface area contributed by atoms with Crippen LogP contribution in [0, 0.1) is 0 Å². The molecular weight excluding hydrogens is 386 g/mol. The number of aryl methyl sites for hydroxylation is 1. The molecule has 0 aromatic carbocycles. The predicted molar refractivity (Wildman–Crippen MR) is 104 cm³/mol. The first-order chi connectivity index (χ1) is 11.8. The molecule has 134 valence electrons. The molecule has 1 heterocycles. The van der Waals surface area contributed by atoms with Crippen molar-refractivity contribution in [3.8, 4) is 0 Å². The van der Waals surface area contributed by atoms with Crippen molar-refractivity contribution >= 4 is 38.4 Å². The van der Waals surface area contributed by atoms with Gasteiger partial charge in [0.25, 0.3) is 0 Å². The summed E-state index contributed by atoms with van der Waals surface area (Å²) in [6.07, 6.45) is 13.2. The quantitative estimate of drug-likeness (QED) is 0.640. The van der Waals surface area contributed by atoms with Gasteiger partial charge in [-0.1, -0.05) is 54.5 Å². The van der Waals surface area contributed by atoms with Crippen LogP contribution in [0.1, 0.15) is 69.9 Å². The number of alkyl halides is 1. The topological polar surface area (TPSA) is 45.2 Å². The lowest BCUT2D eigenvalue weighted by atomic mass is 9.89. The highest BCUT2D eigenvalue weighted by Gasteiger charge is 2.32. The minimum absolute atomic E-state index is 0.0774.